The molecule has 0 radical (unpaired) electrons. The molecule has 0 aliphatic carbocycles. The fourth-order valence-corrected chi connectivity index (χ4v) is 3.67. The quantitative estimate of drug-likeness (QED) is 0.562. The molecule has 1 aliphatic rings. The number of carbonyl (C=O) groups is 2. The van der Waals surface area contributed by atoms with Gasteiger partial charge in [-0.2, -0.15) is 0 Å². The molecule has 3 aromatic carbocycles. The average molecular weight is 430 g/mol. The largest absolute Gasteiger partial charge is 0.483 e. The van der Waals surface area contributed by atoms with Crippen molar-refractivity contribution in [3.05, 3.63) is 95.4 Å². The Bertz CT molecular complexity index is 1150. The van der Waals surface area contributed by atoms with Gasteiger partial charge in [0, 0.05) is 11.3 Å². The van der Waals surface area contributed by atoms with Crippen LogP contribution in [0.3, 0.4) is 0 Å². The number of thioether (sulfide) groups is 1. The maximum atomic E-state index is 12.4. The number of carbonyl (C=O) groups excluding carboxylic acids is 2. The number of hydrogen-bond donors (Lipinski definition) is 2. The van der Waals surface area contributed by atoms with Gasteiger partial charge in [-0.15, -0.1) is 0 Å². The van der Waals surface area contributed by atoms with E-state index in [0.29, 0.717) is 27.1 Å². The number of amidine groups is 1. The highest BCUT2D eigenvalue weighted by Gasteiger charge is 2.24. The van der Waals surface area contributed by atoms with Crippen LogP contribution in [0.15, 0.2) is 94.8 Å². The Morgan fingerprint density at radius 3 is 2.42 bits per heavy atom. The molecule has 0 spiro atoms. The van der Waals surface area contributed by atoms with Gasteiger partial charge in [0.05, 0.1) is 10.6 Å². The summed E-state index contributed by atoms with van der Waals surface area (Å²) in [5.74, 6) is 0.0234. The number of anilines is 1. The van der Waals surface area contributed by atoms with E-state index in [1.165, 1.54) is 11.8 Å². The Balaban J connectivity index is 1.44. The molecule has 2 amide bonds. The maximum Gasteiger partial charge on any atom is 0.264 e. The SMILES string of the molecule is O=C(COc1ccccc1/C=C1/SC(=Nc2ccccc2)NC1=O)Nc1ccccc1. The summed E-state index contributed by atoms with van der Waals surface area (Å²) in [4.78, 5) is 29.5. The zero-order valence-corrected chi connectivity index (χ0v) is 17.3. The first-order valence-electron chi connectivity index (χ1n) is 9.59. The van der Waals surface area contributed by atoms with Gasteiger partial charge in [-0.25, -0.2) is 4.99 Å². The summed E-state index contributed by atoms with van der Waals surface area (Å²) in [6, 6.07) is 25.9. The third-order valence-corrected chi connectivity index (χ3v) is 5.17. The summed E-state index contributed by atoms with van der Waals surface area (Å²) in [7, 11) is 0. The lowest BCUT2D eigenvalue weighted by Crippen LogP contribution is -2.20. The molecule has 1 aliphatic heterocycles. The second-order valence-corrected chi connectivity index (χ2v) is 7.59. The predicted octanol–water partition coefficient (Wildman–Crippen LogP) is 4.60. The van der Waals surface area contributed by atoms with Crippen molar-refractivity contribution >= 4 is 46.2 Å². The number of rotatable bonds is 6. The maximum absolute atomic E-state index is 12.4. The van der Waals surface area contributed by atoms with Crippen LogP contribution in [0.2, 0.25) is 0 Å². The molecule has 7 heteroatoms. The lowest BCUT2D eigenvalue weighted by atomic mass is 10.2. The van der Waals surface area contributed by atoms with Crippen molar-refractivity contribution in [3.8, 4) is 5.75 Å². The molecule has 0 unspecified atom stereocenters. The van der Waals surface area contributed by atoms with Gasteiger partial charge in [0.25, 0.3) is 11.8 Å². The number of benzene rings is 3. The van der Waals surface area contributed by atoms with E-state index in [2.05, 4.69) is 15.6 Å². The van der Waals surface area contributed by atoms with Crippen LogP contribution in [0.4, 0.5) is 11.4 Å². The van der Waals surface area contributed by atoms with E-state index in [9.17, 15) is 9.59 Å². The van der Waals surface area contributed by atoms with Crippen LogP contribution in [-0.2, 0) is 9.59 Å². The fraction of sp³-hybridized carbons (Fsp3) is 0.0417. The minimum Gasteiger partial charge on any atom is -0.483 e. The molecule has 2 N–H and O–H groups in total. The summed E-state index contributed by atoms with van der Waals surface area (Å²) in [6.45, 7) is -0.144. The minimum absolute atomic E-state index is 0.144. The molecule has 0 atom stereocenters. The molecule has 0 saturated carbocycles. The Hall–Kier alpha value is -3.84. The van der Waals surface area contributed by atoms with Crippen molar-refractivity contribution in [2.45, 2.75) is 0 Å². The van der Waals surface area contributed by atoms with Crippen LogP contribution in [0, 0.1) is 0 Å². The first kappa shape index (κ1) is 20.4. The molecule has 0 aromatic heterocycles. The Labute approximate surface area is 184 Å². The minimum atomic E-state index is -0.265. The van der Waals surface area contributed by atoms with Gasteiger partial charge in [-0.05, 0) is 48.2 Å². The summed E-state index contributed by atoms with van der Waals surface area (Å²) in [5.41, 5.74) is 2.17. The molecule has 1 saturated heterocycles. The highest BCUT2D eigenvalue weighted by atomic mass is 32.2. The number of ether oxygens (including phenoxy) is 1. The highest BCUT2D eigenvalue weighted by Crippen LogP contribution is 2.30. The Morgan fingerprint density at radius 1 is 0.968 bits per heavy atom. The van der Waals surface area contributed by atoms with Crippen LogP contribution in [0.25, 0.3) is 6.08 Å². The van der Waals surface area contributed by atoms with Crippen LogP contribution < -0.4 is 15.4 Å². The summed E-state index contributed by atoms with van der Waals surface area (Å²) < 4.78 is 5.71. The normalized spacial score (nSPS) is 15.7. The van der Waals surface area contributed by atoms with E-state index in [1.807, 2.05) is 66.7 Å². The average Bonchev–Trinajstić information content (AvgIpc) is 3.13. The number of para-hydroxylation sites is 3. The molecule has 31 heavy (non-hydrogen) atoms. The lowest BCUT2D eigenvalue weighted by molar-refractivity contribution is -0.118. The van der Waals surface area contributed by atoms with Gasteiger partial charge in [-0.1, -0.05) is 54.6 Å². The van der Waals surface area contributed by atoms with E-state index in [0.717, 1.165) is 5.69 Å². The number of aliphatic imine (C=N–C) groups is 1. The van der Waals surface area contributed by atoms with E-state index in [-0.39, 0.29) is 18.4 Å². The van der Waals surface area contributed by atoms with Gasteiger partial charge in [0.1, 0.15) is 5.75 Å². The standard InChI is InChI=1S/C24H19N3O3S/c28-22(25-18-10-3-1-4-11-18)16-30-20-14-8-7-9-17(20)15-21-23(29)27-24(31-21)26-19-12-5-2-6-13-19/h1-15H,16H2,(H,25,28)(H,26,27,29)/b21-15+. The highest BCUT2D eigenvalue weighted by molar-refractivity contribution is 8.18. The van der Waals surface area contributed by atoms with Crippen LogP contribution in [-0.4, -0.2) is 23.6 Å². The predicted molar refractivity (Wildman–Crippen MR) is 124 cm³/mol. The number of nitrogens with one attached hydrogen (secondary N) is 2. The molecular weight excluding hydrogens is 410 g/mol. The lowest BCUT2D eigenvalue weighted by Gasteiger charge is -2.10. The zero-order chi connectivity index (χ0) is 21.5. The fourth-order valence-electron chi connectivity index (χ4n) is 2.83. The smallest absolute Gasteiger partial charge is 0.264 e. The molecule has 6 nitrogen and oxygen atoms in total. The summed E-state index contributed by atoms with van der Waals surface area (Å²) in [6.07, 6.45) is 1.73. The van der Waals surface area contributed by atoms with Crippen LogP contribution in [0.5, 0.6) is 5.75 Å². The van der Waals surface area contributed by atoms with E-state index >= 15 is 0 Å². The van der Waals surface area contributed by atoms with Crippen LogP contribution in [0.1, 0.15) is 5.56 Å². The molecule has 1 fully saturated rings. The van der Waals surface area contributed by atoms with E-state index in [1.54, 1.807) is 24.3 Å². The monoisotopic (exact) mass is 429 g/mol. The van der Waals surface area contributed by atoms with Gasteiger partial charge in [0.2, 0.25) is 0 Å². The topological polar surface area (TPSA) is 79.8 Å². The zero-order valence-electron chi connectivity index (χ0n) is 16.4. The van der Waals surface area contributed by atoms with Gasteiger partial charge >= 0.3 is 0 Å². The second-order valence-electron chi connectivity index (χ2n) is 6.56. The molecule has 154 valence electrons. The number of amides is 2. The first-order valence-corrected chi connectivity index (χ1v) is 10.4. The second kappa shape index (κ2) is 9.77. The molecule has 0 bridgehead atoms. The Morgan fingerprint density at radius 2 is 1.65 bits per heavy atom. The Kier molecular flexibility index (Phi) is 6.44. The van der Waals surface area contributed by atoms with Crippen molar-refractivity contribution < 1.29 is 14.3 Å². The molecule has 4 rings (SSSR count). The van der Waals surface area contributed by atoms with Crippen molar-refractivity contribution in [3.63, 3.8) is 0 Å². The van der Waals surface area contributed by atoms with Crippen molar-refractivity contribution in [1.82, 2.24) is 5.32 Å². The van der Waals surface area contributed by atoms with Crippen molar-refractivity contribution in [1.29, 1.82) is 0 Å². The van der Waals surface area contributed by atoms with Crippen molar-refractivity contribution in [2.24, 2.45) is 4.99 Å². The van der Waals surface area contributed by atoms with Gasteiger partial charge in [0.15, 0.2) is 11.8 Å². The van der Waals surface area contributed by atoms with Gasteiger partial charge in [-0.3, -0.25) is 9.59 Å². The van der Waals surface area contributed by atoms with Crippen LogP contribution >= 0.6 is 11.8 Å². The molecule has 3 aromatic rings. The number of nitrogens with zero attached hydrogens (tertiary/aromatic N) is 1. The van der Waals surface area contributed by atoms with Crippen molar-refractivity contribution in [2.75, 3.05) is 11.9 Å². The molecule has 1 heterocycles. The van der Waals surface area contributed by atoms with E-state index in [4.69, 9.17) is 4.74 Å². The third-order valence-electron chi connectivity index (χ3n) is 4.26. The van der Waals surface area contributed by atoms with E-state index < -0.39 is 0 Å². The summed E-state index contributed by atoms with van der Waals surface area (Å²) >= 11 is 1.26. The number of hydrogen-bond acceptors (Lipinski definition) is 5. The first-order chi connectivity index (χ1) is 15.2. The van der Waals surface area contributed by atoms with Gasteiger partial charge < -0.3 is 15.4 Å². The molecular formula is C24H19N3O3S. The summed E-state index contributed by atoms with van der Waals surface area (Å²) in [5, 5.41) is 6.06. The third kappa shape index (κ3) is 5.61.